The Kier molecular flexibility index (Phi) is 8.28. The molecular formula is C18H24N4O4S. The van der Waals surface area contributed by atoms with Crippen molar-refractivity contribution in [3.63, 3.8) is 0 Å². The van der Waals surface area contributed by atoms with Gasteiger partial charge in [-0.15, -0.1) is 10.2 Å². The molecule has 1 atom stereocenters. The maximum Gasteiger partial charge on any atom is 0.317 e. The van der Waals surface area contributed by atoms with E-state index < -0.39 is 12.1 Å². The number of ether oxygens (including phenoxy) is 2. The zero-order valence-corrected chi connectivity index (χ0v) is 16.5. The fourth-order valence-corrected chi connectivity index (χ4v) is 3.01. The second-order valence-corrected chi connectivity index (χ2v) is 6.75. The van der Waals surface area contributed by atoms with Gasteiger partial charge in [0, 0.05) is 13.7 Å². The lowest BCUT2D eigenvalue weighted by Gasteiger charge is -2.13. The Morgan fingerprint density at radius 3 is 2.70 bits per heavy atom. The highest BCUT2D eigenvalue weighted by atomic mass is 32.2. The van der Waals surface area contributed by atoms with Gasteiger partial charge in [-0.2, -0.15) is 0 Å². The molecule has 0 aliphatic carbocycles. The Labute approximate surface area is 162 Å². The molecule has 0 saturated heterocycles. The first-order valence-electron chi connectivity index (χ1n) is 8.54. The fraction of sp³-hybridized carbons (Fsp3) is 0.444. The van der Waals surface area contributed by atoms with E-state index in [1.807, 2.05) is 41.8 Å². The predicted molar refractivity (Wildman–Crippen MR) is 101 cm³/mol. The first kappa shape index (κ1) is 20.9. The van der Waals surface area contributed by atoms with Crippen LogP contribution in [-0.2, 0) is 25.6 Å². The first-order valence-corrected chi connectivity index (χ1v) is 9.52. The number of aromatic nitrogens is 3. The summed E-state index contributed by atoms with van der Waals surface area (Å²) in [6.07, 6.45) is -0.862. The molecule has 1 amide bonds. The lowest BCUT2D eigenvalue weighted by Crippen LogP contribution is -2.37. The van der Waals surface area contributed by atoms with E-state index in [-0.39, 0.29) is 11.7 Å². The summed E-state index contributed by atoms with van der Waals surface area (Å²) < 4.78 is 12.0. The van der Waals surface area contributed by atoms with E-state index in [1.165, 1.54) is 18.7 Å². The summed E-state index contributed by atoms with van der Waals surface area (Å²) in [5.74, 6) is -0.0294. The Bertz CT molecular complexity index is 751. The predicted octanol–water partition coefficient (Wildman–Crippen LogP) is 1.42. The molecule has 1 aromatic carbocycles. The number of nitrogens with one attached hydrogen (secondary N) is 1. The number of carbonyl (C=O) groups is 2. The molecule has 0 fully saturated rings. The summed E-state index contributed by atoms with van der Waals surface area (Å²) in [5, 5.41) is 11.5. The van der Waals surface area contributed by atoms with E-state index in [1.54, 1.807) is 7.11 Å². The van der Waals surface area contributed by atoms with Crippen LogP contribution in [0.5, 0.6) is 0 Å². The van der Waals surface area contributed by atoms with Crippen molar-refractivity contribution in [3.8, 4) is 0 Å². The van der Waals surface area contributed by atoms with Crippen LogP contribution in [-0.4, -0.2) is 58.8 Å². The third kappa shape index (κ3) is 6.69. The van der Waals surface area contributed by atoms with Crippen LogP contribution in [0.3, 0.4) is 0 Å². The zero-order chi connectivity index (χ0) is 19.6. The van der Waals surface area contributed by atoms with Crippen LogP contribution in [0.1, 0.15) is 18.3 Å². The third-order valence-corrected chi connectivity index (χ3v) is 4.63. The molecule has 0 radical (unpaired) electrons. The second-order valence-electron chi connectivity index (χ2n) is 5.81. The van der Waals surface area contributed by atoms with Gasteiger partial charge in [0.25, 0.3) is 5.91 Å². The molecule has 1 N–H and O–H groups in total. The number of amides is 1. The molecule has 8 nitrogen and oxygen atoms in total. The third-order valence-electron chi connectivity index (χ3n) is 3.69. The molecule has 1 heterocycles. The Morgan fingerprint density at radius 2 is 2.00 bits per heavy atom. The van der Waals surface area contributed by atoms with E-state index in [0.717, 1.165) is 11.4 Å². The highest BCUT2D eigenvalue weighted by Gasteiger charge is 2.19. The molecule has 0 spiro atoms. The molecular weight excluding hydrogens is 368 g/mol. The van der Waals surface area contributed by atoms with Gasteiger partial charge in [0.2, 0.25) is 0 Å². The van der Waals surface area contributed by atoms with Crippen LogP contribution in [0, 0.1) is 6.92 Å². The Morgan fingerprint density at radius 1 is 1.26 bits per heavy atom. The number of nitrogens with zero attached hydrogens (tertiary/aromatic N) is 3. The molecule has 0 aliphatic heterocycles. The molecule has 27 heavy (non-hydrogen) atoms. The van der Waals surface area contributed by atoms with Crippen molar-refractivity contribution in [2.75, 3.05) is 26.0 Å². The molecule has 1 aromatic heterocycles. The van der Waals surface area contributed by atoms with Crippen molar-refractivity contribution in [2.45, 2.75) is 31.7 Å². The number of benzene rings is 1. The summed E-state index contributed by atoms with van der Waals surface area (Å²) in [4.78, 5) is 23.8. The van der Waals surface area contributed by atoms with Crippen LogP contribution < -0.4 is 5.32 Å². The van der Waals surface area contributed by atoms with Crippen molar-refractivity contribution in [1.82, 2.24) is 20.1 Å². The van der Waals surface area contributed by atoms with Crippen LogP contribution in [0.2, 0.25) is 0 Å². The summed E-state index contributed by atoms with van der Waals surface area (Å²) in [7, 11) is 1.55. The van der Waals surface area contributed by atoms with Gasteiger partial charge in [-0.1, -0.05) is 42.1 Å². The topological polar surface area (TPSA) is 95.3 Å². The normalized spacial score (nSPS) is 11.8. The summed E-state index contributed by atoms with van der Waals surface area (Å²) >= 11 is 1.23. The van der Waals surface area contributed by atoms with Crippen molar-refractivity contribution in [3.05, 3.63) is 41.7 Å². The lowest BCUT2D eigenvalue weighted by atomic mass is 10.2. The number of carbonyl (C=O) groups excluding carboxylic acids is 2. The summed E-state index contributed by atoms with van der Waals surface area (Å²) in [6, 6.07) is 9.94. The number of methoxy groups -OCH3 is 1. The maximum absolute atomic E-state index is 12.0. The van der Waals surface area contributed by atoms with Gasteiger partial charge in [-0.3, -0.25) is 9.59 Å². The lowest BCUT2D eigenvalue weighted by molar-refractivity contribution is -0.152. The molecule has 2 rings (SSSR count). The minimum absolute atomic E-state index is 0.0443. The van der Waals surface area contributed by atoms with Crippen molar-refractivity contribution < 1.29 is 19.1 Å². The number of rotatable bonds is 10. The molecule has 146 valence electrons. The minimum Gasteiger partial charge on any atom is -0.452 e. The molecule has 0 aliphatic rings. The Hall–Kier alpha value is -2.39. The van der Waals surface area contributed by atoms with Gasteiger partial charge in [-0.25, -0.2) is 0 Å². The second kappa shape index (κ2) is 10.7. The summed E-state index contributed by atoms with van der Waals surface area (Å²) in [6.45, 7) is 4.79. The fourth-order valence-electron chi connectivity index (χ4n) is 2.24. The van der Waals surface area contributed by atoms with Crippen LogP contribution >= 0.6 is 11.8 Å². The average Bonchev–Trinajstić information content (AvgIpc) is 3.00. The molecule has 0 unspecified atom stereocenters. The van der Waals surface area contributed by atoms with E-state index in [9.17, 15) is 9.59 Å². The number of hydrogen-bond acceptors (Lipinski definition) is 7. The summed E-state index contributed by atoms with van der Waals surface area (Å²) in [5.41, 5.74) is 1.12. The van der Waals surface area contributed by atoms with E-state index in [4.69, 9.17) is 9.47 Å². The number of esters is 1. The molecule has 9 heteroatoms. The van der Waals surface area contributed by atoms with Gasteiger partial charge in [0.1, 0.15) is 5.82 Å². The smallest absolute Gasteiger partial charge is 0.317 e. The van der Waals surface area contributed by atoms with E-state index in [2.05, 4.69) is 15.5 Å². The van der Waals surface area contributed by atoms with Gasteiger partial charge in [-0.05, 0) is 19.4 Å². The molecule has 0 saturated carbocycles. The van der Waals surface area contributed by atoms with Gasteiger partial charge < -0.3 is 19.4 Å². The quantitative estimate of drug-likeness (QED) is 0.371. The number of thioether (sulfide) groups is 1. The number of aryl methyl sites for hydroxylation is 1. The van der Waals surface area contributed by atoms with Crippen molar-refractivity contribution in [2.24, 2.45) is 0 Å². The molecule has 0 bridgehead atoms. The van der Waals surface area contributed by atoms with E-state index in [0.29, 0.717) is 24.9 Å². The monoisotopic (exact) mass is 392 g/mol. The van der Waals surface area contributed by atoms with Crippen molar-refractivity contribution >= 4 is 23.6 Å². The zero-order valence-electron chi connectivity index (χ0n) is 15.7. The van der Waals surface area contributed by atoms with Gasteiger partial charge >= 0.3 is 5.97 Å². The maximum atomic E-state index is 12.0. The average molecular weight is 392 g/mol. The van der Waals surface area contributed by atoms with Crippen LogP contribution in [0.25, 0.3) is 0 Å². The van der Waals surface area contributed by atoms with Gasteiger partial charge in [0.05, 0.1) is 18.9 Å². The SMILES string of the molecule is COCCNC(=O)[C@H](C)OC(=O)CSc1nnc(C)n1Cc1ccccc1. The number of hydrogen-bond donors (Lipinski definition) is 1. The van der Waals surface area contributed by atoms with E-state index >= 15 is 0 Å². The van der Waals surface area contributed by atoms with Crippen LogP contribution in [0.4, 0.5) is 0 Å². The Balaban J connectivity index is 1.85. The standard InChI is InChI=1S/C18H24N4O4S/c1-13(17(24)19-9-10-25-3)26-16(23)12-27-18-21-20-14(2)22(18)11-15-7-5-4-6-8-15/h4-8,13H,9-12H2,1-3H3,(H,19,24)/t13-/m0/s1. The molecule has 2 aromatic rings. The largest absolute Gasteiger partial charge is 0.452 e. The first-order chi connectivity index (χ1) is 13.0. The highest BCUT2D eigenvalue weighted by molar-refractivity contribution is 7.99. The van der Waals surface area contributed by atoms with Crippen molar-refractivity contribution in [1.29, 1.82) is 0 Å². The van der Waals surface area contributed by atoms with Gasteiger partial charge in [0.15, 0.2) is 11.3 Å². The van der Waals surface area contributed by atoms with Crippen LogP contribution in [0.15, 0.2) is 35.5 Å². The highest BCUT2D eigenvalue weighted by Crippen LogP contribution is 2.19. The minimum atomic E-state index is -0.862.